The highest BCUT2D eigenvalue weighted by molar-refractivity contribution is 14.1. The molecule has 1 aliphatic rings. The van der Waals surface area contributed by atoms with Crippen LogP contribution in [-0.2, 0) is 9.53 Å². The average molecular weight is 788 g/mol. The summed E-state index contributed by atoms with van der Waals surface area (Å²) in [6, 6.07) is 8.71. The monoisotopic (exact) mass is 788 g/mol. The molecule has 2 aromatic carbocycles. The first kappa shape index (κ1) is 30.6. The van der Waals surface area contributed by atoms with Gasteiger partial charge in [0.2, 0.25) is 0 Å². The molecular formula is C29H30I2N2O6S. The second kappa shape index (κ2) is 13.5. The molecule has 11 heteroatoms. The van der Waals surface area contributed by atoms with Crippen LogP contribution in [0.25, 0.3) is 6.08 Å². The lowest BCUT2D eigenvalue weighted by molar-refractivity contribution is -0.139. The van der Waals surface area contributed by atoms with Crippen LogP contribution in [-0.4, -0.2) is 37.0 Å². The van der Waals surface area contributed by atoms with Crippen LogP contribution in [0.1, 0.15) is 51.8 Å². The number of allylic oxidation sites excluding steroid dienone is 1. The van der Waals surface area contributed by atoms with E-state index >= 15 is 0 Å². The summed E-state index contributed by atoms with van der Waals surface area (Å²) in [6.45, 7) is 11.0. The van der Waals surface area contributed by atoms with E-state index in [1.54, 1.807) is 18.4 Å². The number of fused-ring (bicyclic) bond motifs is 1. The normalized spacial score (nSPS) is 15.0. The van der Waals surface area contributed by atoms with Gasteiger partial charge in [-0.1, -0.05) is 17.4 Å². The maximum atomic E-state index is 14.0. The number of halogens is 2. The van der Waals surface area contributed by atoms with Gasteiger partial charge in [0.15, 0.2) is 16.3 Å². The van der Waals surface area contributed by atoms with E-state index < -0.39 is 12.0 Å². The molecule has 0 amide bonds. The van der Waals surface area contributed by atoms with Gasteiger partial charge in [-0.3, -0.25) is 9.36 Å². The number of rotatable bonds is 10. The molecule has 2 heterocycles. The van der Waals surface area contributed by atoms with Crippen molar-refractivity contribution in [3.8, 4) is 17.2 Å². The molecule has 4 rings (SSSR count). The number of hydrogen-bond acceptors (Lipinski definition) is 8. The molecule has 0 radical (unpaired) electrons. The van der Waals surface area contributed by atoms with Gasteiger partial charge in [0.1, 0.15) is 5.75 Å². The third kappa shape index (κ3) is 6.25. The molecule has 0 bridgehead atoms. The van der Waals surface area contributed by atoms with Crippen molar-refractivity contribution in [2.45, 2.75) is 40.7 Å². The number of carbonyl (C=O) groups is 1. The van der Waals surface area contributed by atoms with E-state index in [0.29, 0.717) is 57.5 Å². The van der Waals surface area contributed by atoms with E-state index in [0.717, 1.165) is 18.5 Å². The van der Waals surface area contributed by atoms with Crippen LogP contribution in [0.4, 0.5) is 0 Å². The lowest BCUT2D eigenvalue weighted by atomic mass is 9.95. The molecule has 8 nitrogen and oxygen atoms in total. The number of esters is 1. The van der Waals surface area contributed by atoms with Gasteiger partial charge in [-0.25, -0.2) is 9.79 Å². The summed E-state index contributed by atoms with van der Waals surface area (Å²) in [5.74, 6) is 1.46. The standard InChI is InChI=1S/C29H30I2N2O6S/c1-6-36-21-11-10-18(15-22(21)37-7-2)25-24(28(35)39-9-4)16(5)32-29-33(25)27(34)23(40-29)14-17-12-19(30)26(38-8-3)20(31)13-17/h10-15,25H,6-9H2,1-5H3/b23-14-/t25-/m0/s1. The van der Waals surface area contributed by atoms with Crippen LogP contribution >= 0.6 is 56.5 Å². The Bertz CT molecular complexity index is 1620. The maximum absolute atomic E-state index is 14.0. The Morgan fingerprint density at radius 2 is 1.62 bits per heavy atom. The van der Waals surface area contributed by atoms with Crippen molar-refractivity contribution in [3.63, 3.8) is 0 Å². The molecular weight excluding hydrogens is 758 g/mol. The molecule has 0 aliphatic carbocycles. The minimum atomic E-state index is -0.743. The number of ether oxygens (including phenoxy) is 4. The summed E-state index contributed by atoms with van der Waals surface area (Å²) in [4.78, 5) is 32.4. The third-order valence-electron chi connectivity index (χ3n) is 6.01. The van der Waals surface area contributed by atoms with E-state index in [1.807, 2.05) is 57.2 Å². The Morgan fingerprint density at radius 1 is 0.975 bits per heavy atom. The quantitative estimate of drug-likeness (QED) is 0.208. The van der Waals surface area contributed by atoms with Crippen LogP contribution in [0.3, 0.4) is 0 Å². The highest BCUT2D eigenvalue weighted by Crippen LogP contribution is 2.36. The number of aromatic nitrogens is 1. The van der Waals surface area contributed by atoms with Gasteiger partial charge in [0, 0.05) is 0 Å². The topological polar surface area (TPSA) is 88.4 Å². The Labute approximate surface area is 264 Å². The molecule has 0 unspecified atom stereocenters. The summed E-state index contributed by atoms with van der Waals surface area (Å²) in [6.07, 6.45) is 1.86. The predicted molar refractivity (Wildman–Crippen MR) is 172 cm³/mol. The number of hydrogen-bond donors (Lipinski definition) is 0. The Hall–Kier alpha value is -2.39. The molecule has 1 aliphatic heterocycles. The van der Waals surface area contributed by atoms with E-state index in [9.17, 15) is 9.59 Å². The lowest BCUT2D eigenvalue weighted by Crippen LogP contribution is -2.40. The Kier molecular flexibility index (Phi) is 10.3. The van der Waals surface area contributed by atoms with Crippen molar-refractivity contribution in [2.75, 3.05) is 26.4 Å². The van der Waals surface area contributed by atoms with Crippen LogP contribution in [0.5, 0.6) is 17.2 Å². The van der Waals surface area contributed by atoms with Gasteiger partial charge in [-0.05, 0) is 121 Å². The van der Waals surface area contributed by atoms with Crippen LogP contribution in [0, 0.1) is 7.14 Å². The van der Waals surface area contributed by atoms with Crippen LogP contribution in [0.15, 0.2) is 51.4 Å². The number of nitrogens with zero attached hydrogens (tertiary/aromatic N) is 2. The van der Waals surface area contributed by atoms with E-state index in [1.165, 1.54) is 11.3 Å². The number of benzene rings is 2. The molecule has 0 saturated heterocycles. The zero-order chi connectivity index (χ0) is 29.0. The fraction of sp³-hybridized carbons (Fsp3) is 0.345. The minimum absolute atomic E-state index is 0.204. The van der Waals surface area contributed by atoms with E-state index in [2.05, 4.69) is 50.2 Å². The minimum Gasteiger partial charge on any atom is -0.492 e. The average Bonchev–Trinajstić information content (AvgIpc) is 3.21. The molecule has 0 saturated carbocycles. The molecule has 0 spiro atoms. The van der Waals surface area contributed by atoms with Crippen molar-refractivity contribution in [2.24, 2.45) is 4.99 Å². The summed E-state index contributed by atoms with van der Waals surface area (Å²) in [5, 5.41) is 0. The van der Waals surface area contributed by atoms with Crippen molar-refractivity contribution in [1.29, 1.82) is 0 Å². The first-order chi connectivity index (χ1) is 19.2. The van der Waals surface area contributed by atoms with E-state index in [-0.39, 0.29) is 12.2 Å². The first-order valence-electron chi connectivity index (χ1n) is 12.9. The Balaban J connectivity index is 1.93. The zero-order valence-electron chi connectivity index (χ0n) is 22.9. The van der Waals surface area contributed by atoms with E-state index in [4.69, 9.17) is 18.9 Å². The molecule has 3 aromatic rings. The van der Waals surface area contributed by atoms with Crippen molar-refractivity contribution in [3.05, 3.63) is 79.6 Å². The van der Waals surface area contributed by atoms with Gasteiger partial charge >= 0.3 is 5.97 Å². The highest BCUT2D eigenvalue weighted by atomic mass is 127. The zero-order valence-corrected chi connectivity index (χ0v) is 28.0. The number of thiazole rings is 1. The van der Waals surface area contributed by atoms with Crippen molar-refractivity contribution >= 4 is 68.6 Å². The number of carbonyl (C=O) groups excluding carboxylic acids is 1. The van der Waals surface area contributed by atoms with Crippen molar-refractivity contribution < 1.29 is 23.7 Å². The molecule has 0 N–H and O–H groups in total. The maximum Gasteiger partial charge on any atom is 0.338 e. The highest BCUT2D eigenvalue weighted by Gasteiger charge is 2.34. The Morgan fingerprint density at radius 3 is 2.25 bits per heavy atom. The lowest BCUT2D eigenvalue weighted by Gasteiger charge is -2.25. The van der Waals surface area contributed by atoms with Gasteiger partial charge in [0.05, 0.1) is 55.4 Å². The molecule has 0 fully saturated rings. The molecule has 40 heavy (non-hydrogen) atoms. The second-order valence-corrected chi connectivity index (χ2v) is 12.0. The predicted octanol–water partition coefficient (Wildman–Crippen LogP) is 5.20. The summed E-state index contributed by atoms with van der Waals surface area (Å²) in [5.41, 5.74) is 2.15. The molecule has 1 atom stereocenters. The van der Waals surface area contributed by atoms with Crippen LogP contribution < -0.4 is 29.1 Å². The van der Waals surface area contributed by atoms with Crippen LogP contribution in [0.2, 0.25) is 0 Å². The molecule has 212 valence electrons. The first-order valence-corrected chi connectivity index (χ1v) is 15.9. The fourth-order valence-electron chi connectivity index (χ4n) is 4.44. The SMILES string of the molecule is CCOC(=O)C1=C(C)N=c2s/c(=C\c3cc(I)c(OCC)c(I)c3)c(=O)n2[C@H]1c1ccc(OCC)c(OCC)c1. The molecule has 1 aromatic heterocycles. The van der Waals surface area contributed by atoms with Crippen molar-refractivity contribution in [1.82, 2.24) is 4.57 Å². The van der Waals surface area contributed by atoms with Gasteiger partial charge < -0.3 is 18.9 Å². The van der Waals surface area contributed by atoms with Gasteiger partial charge in [-0.2, -0.15) is 0 Å². The fourth-order valence-corrected chi connectivity index (χ4v) is 7.62. The summed E-state index contributed by atoms with van der Waals surface area (Å²) < 4.78 is 26.8. The smallest absolute Gasteiger partial charge is 0.338 e. The van der Waals surface area contributed by atoms with Gasteiger partial charge in [0.25, 0.3) is 5.56 Å². The third-order valence-corrected chi connectivity index (χ3v) is 8.59. The second-order valence-electron chi connectivity index (χ2n) is 8.62. The largest absolute Gasteiger partial charge is 0.492 e. The summed E-state index contributed by atoms with van der Waals surface area (Å²) in [7, 11) is 0. The summed E-state index contributed by atoms with van der Waals surface area (Å²) >= 11 is 5.78. The van der Waals surface area contributed by atoms with Gasteiger partial charge in [-0.15, -0.1) is 0 Å².